The highest BCUT2D eigenvalue weighted by atomic mass is 19.1. The van der Waals surface area contributed by atoms with Crippen LogP contribution < -0.4 is 10.1 Å². The van der Waals surface area contributed by atoms with E-state index < -0.39 is 23.2 Å². The van der Waals surface area contributed by atoms with E-state index >= 15 is 0 Å². The van der Waals surface area contributed by atoms with Crippen LogP contribution in [0.4, 0.5) is 8.78 Å². The lowest BCUT2D eigenvalue weighted by atomic mass is 9.92. The summed E-state index contributed by atoms with van der Waals surface area (Å²) in [6.07, 6.45) is -0.225. The van der Waals surface area contributed by atoms with Gasteiger partial charge in [0, 0.05) is 19.2 Å². The highest BCUT2D eigenvalue weighted by Crippen LogP contribution is 2.27. The predicted molar refractivity (Wildman–Crippen MR) is 54.8 cm³/mol. The summed E-state index contributed by atoms with van der Waals surface area (Å²) in [5, 5.41) is 11.6. The molecule has 0 atom stereocenters. The number of aliphatic carboxylic acids is 1. The number of benzene rings is 1. The van der Waals surface area contributed by atoms with E-state index in [1.54, 1.807) is 0 Å². The van der Waals surface area contributed by atoms with Crippen LogP contribution in [0.15, 0.2) is 18.2 Å². The van der Waals surface area contributed by atoms with Gasteiger partial charge in [0.15, 0.2) is 11.6 Å². The first kappa shape index (κ1) is 11.8. The lowest BCUT2D eigenvalue weighted by Crippen LogP contribution is -2.64. The van der Waals surface area contributed by atoms with Crippen LogP contribution in [0.2, 0.25) is 0 Å². The zero-order chi connectivity index (χ0) is 12.5. The van der Waals surface area contributed by atoms with E-state index in [9.17, 15) is 13.6 Å². The molecule has 2 N–H and O–H groups in total. The third-order valence-electron chi connectivity index (χ3n) is 2.59. The maximum Gasteiger partial charge on any atom is 0.307 e. The molecular weight excluding hydrogens is 232 g/mol. The fourth-order valence-electron chi connectivity index (χ4n) is 1.70. The molecule has 1 aromatic carbocycles. The molecule has 1 aliphatic rings. The molecule has 92 valence electrons. The van der Waals surface area contributed by atoms with Crippen molar-refractivity contribution in [1.29, 1.82) is 0 Å². The van der Waals surface area contributed by atoms with Crippen LogP contribution in [0.5, 0.6) is 5.75 Å². The van der Waals surface area contributed by atoms with E-state index in [0.717, 1.165) is 12.1 Å². The Bertz CT molecular complexity index is 446. The smallest absolute Gasteiger partial charge is 0.307 e. The largest absolute Gasteiger partial charge is 0.481 e. The fraction of sp³-hybridized carbons (Fsp3) is 0.364. The number of rotatable bonds is 4. The molecule has 1 heterocycles. The maximum absolute atomic E-state index is 13.3. The van der Waals surface area contributed by atoms with Crippen LogP contribution >= 0.6 is 0 Å². The molecule has 17 heavy (non-hydrogen) atoms. The lowest BCUT2D eigenvalue weighted by Gasteiger charge is -2.41. The van der Waals surface area contributed by atoms with Crippen molar-refractivity contribution in [1.82, 2.24) is 5.32 Å². The van der Waals surface area contributed by atoms with Crippen LogP contribution in [-0.4, -0.2) is 29.8 Å². The molecule has 2 rings (SSSR count). The molecule has 0 saturated carbocycles. The minimum absolute atomic E-state index is 0.130. The average Bonchev–Trinajstić information content (AvgIpc) is 2.18. The number of hydrogen-bond donors (Lipinski definition) is 2. The molecule has 4 nitrogen and oxygen atoms in total. The molecule has 0 unspecified atom stereocenters. The van der Waals surface area contributed by atoms with Crippen molar-refractivity contribution in [3.63, 3.8) is 0 Å². The zero-order valence-corrected chi connectivity index (χ0v) is 8.87. The van der Waals surface area contributed by atoms with Gasteiger partial charge in [-0.2, -0.15) is 0 Å². The summed E-state index contributed by atoms with van der Waals surface area (Å²) in [4.78, 5) is 10.7. The van der Waals surface area contributed by atoms with Gasteiger partial charge in [-0.3, -0.25) is 4.79 Å². The molecule has 6 heteroatoms. The summed E-state index contributed by atoms with van der Waals surface area (Å²) >= 11 is 0. The van der Waals surface area contributed by atoms with Crippen molar-refractivity contribution < 1.29 is 23.4 Å². The van der Waals surface area contributed by atoms with Gasteiger partial charge < -0.3 is 15.2 Å². The van der Waals surface area contributed by atoms with Crippen molar-refractivity contribution in [2.24, 2.45) is 0 Å². The zero-order valence-electron chi connectivity index (χ0n) is 8.87. The van der Waals surface area contributed by atoms with Crippen LogP contribution in [-0.2, 0) is 4.79 Å². The van der Waals surface area contributed by atoms with Crippen molar-refractivity contribution in [2.75, 3.05) is 13.1 Å². The number of hydrogen-bond acceptors (Lipinski definition) is 3. The molecule has 0 spiro atoms. The molecule has 1 fully saturated rings. The van der Waals surface area contributed by atoms with Crippen molar-refractivity contribution in [3.8, 4) is 5.75 Å². The Hall–Kier alpha value is -1.69. The Balaban J connectivity index is 2.15. The van der Waals surface area contributed by atoms with Gasteiger partial charge in [-0.15, -0.1) is 0 Å². The SMILES string of the molecule is O=C(O)CC1(Oc2ccc(F)cc2F)CNC1. The summed E-state index contributed by atoms with van der Waals surface area (Å²) in [6.45, 7) is 0.659. The van der Waals surface area contributed by atoms with E-state index in [0.29, 0.717) is 19.2 Å². The highest BCUT2D eigenvalue weighted by Gasteiger charge is 2.42. The summed E-state index contributed by atoms with van der Waals surface area (Å²) in [5.41, 5.74) is -0.940. The van der Waals surface area contributed by atoms with Crippen LogP contribution in [0.3, 0.4) is 0 Å². The topological polar surface area (TPSA) is 58.6 Å². The molecule has 0 aliphatic carbocycles. The van der Waals surface area contributed by atoms with Crippen molar-refractivity contribution >= 4 is 5.97 Å². The second kappa shape index (κ2) is 4.29. The lowest BCUT2D eigenvalue weighted by molar-refractivity contribution is -0.143. The Morgan fingerprint density at radius 1 is 1.47 bits per heavy atom. The monoisotopic (exact) mass is 243 g/mol. The summed E-state index contributed by atoms with van der Waals surface area (Å²) in [7, 11) is 0. The molecule has 1 aromatic rings. The van der Waals surface area contributed by atoms with Crippen LogP contribution in [0, 0.1) is 11.6 Å². The first-order valence-electron chi connectivity index (χ1n) is 5.07. The summed E-state index contributed by atoms with van der Waals surface area (Å²) < 4.78 is 31.4. The molecular formula is C11H11F2NO3. The fourth-order valence-corrected chi connectivity index (χ4v) is 1.70. The van der Waals surface area contributed by atoms with Crippen LogP contribution in [0.25, 0.3) is 0 Å². The quantitative estimate of drug-likeness (QED) is 0.833. The molecule has 0 amide bonds. The number of nitrogens with one attached hydrogen (secondary N) is 1. The average molecular weight is 243 g/mol. The second-order valence-corrected chi connectivity index (χ2v) is 4.03. The van der Waals surface area contributed by atoms with Gasteiger partial charge in [0.2, 0.25) is 0 Å². The van der Waals surface area contributed by atoms with E-state index in [1.165, 1.54) is 0 Å². The first-order chi connectivity index (χ1) is 8.01. The number of halogens is 2. The van der Waals surface area contributed by atoms with Gasteiger partial charge in [-0.25, -0.2) is 8.78 Å². The van der Waals surface area contributed by atoms with E-state index in [4.69, 9.17) is 9.84 Å². The molecule has 0 radical (unpaired) electrons. The third kappa shape index (κ3) is 2.52. The third-order valence-corrected chi connectivity index (χ3v) is 2.59. The molecule has 1 saturated heterocycles. The predicted octanol–water partition coefficient (Wildman–Crippen LogP) is 1.16. The number of carboxylic acids is 1. The number of ether oxygens (including phenoxy) is 1. The first-order valence-corrected chi connectivity index (χ1v) is 5.07. The molecule has 0 aromatic heterocycles. The standard InChI is InChI=1S/C11H11F2NO3/c12-7-1-2-9(8(13)3-7)17-11(4-10(15)16)5-14-6-11/h1-3,14H,4-6H2,(H,15,16). The van der Waals surface area contributed by atoms with E-state index in [2.05, 4.69) is 5.32 Å². The van der Waals surface area contributed by atoms with Gasteiger partial charge in [0.25, 0.3) is 0 Å². The molecule has 0 bridgehead atoms. The highest BCUT2D eigenvalue weighted by molar-refractivity contribution is 5.68. The van der Waals surface area contributed by atoms with Crippen LogP contribution in [0.1, 0.15) is 6.42 Å². The van der Waals surface area contributed by atoms with Crippen molar-refractivity contribution in [2.45, 2.75) is 12.0 Å². The Labute approximate surface area is 96.2 Å². The number of carboxylic acid groups (broad SMARTS) is 1. The Morgan fingerprint density at radius 3 is 2.65 bits per heavy atom. The Kier molecular flexibility index (Phi) is 2.97. The van der Waals surface area contributed by atoms with Gasteiger partial charge in [-0.05, 0) is 12.1 Å². The van der Waals surface area contributed by atoms with Crippen molar-refractivity contribution in [3.05, 3.63) is 29.8 Å². The van der Waals surface area contributed by atoms with Gasteiger partial charge in [0.05, 0.1) is 6.42 Å². The van der Waals surface area contributed by atoms with Gasteiger partial charge in [-0.1, -0.05) is 0 Å². The summed E-state index contributed by atoms with van der Waals surface area (Å²) in [5.74, 6) is -2.68. The van der Waals surface area contributed by atoms with Gasteiger partial charge in [0.1, 0.15) is 11.4 Å². The van der Waals surface area contributed by atoms with E-state index in [1.807, 2.05) is 0 Å². The maximum atomic E-state index is 13.3. The van der Waals surface area contributed by atoms with E-state index in [-0.39, 0.29) is 12.2 Å². The summed E-state index contributed by atoms with van der Waals surface area (Å²) in [6, 6.07) is 2.93. The minimum Gasteiger partial charge on any atom is -0.481 e. The van der Waals surface area contributed by atoms with Gasteiger partial charge >= 0.3 is 5.97 Å². The molecule has 1 aliphatic heterocycles. The Morgan fingerprint density at radius 2 is 2.18 bits per heavy atom. The minimum atomic E-state index is -1.02. The second-order valence-electron chi connectivity index (χ2n) is 4.03. The number of carbonyl (C=O) groups is 1. The normalized spacial score (nSPS) is 17.3.